The SMILES string of the molecule is COC(=O)CN(C)c1ccc(/C=C/c2ccn(C)c2)cc1. The van der Waals surface area contributed by atoms with Crippen LogP contribution < -0.4 is 4.90 Å². The summed E-state index contributed by atoms with van der Waals surface area (Å²) >= 11 is 0. The highest BCUT2D eigenvalue weighted by molar-refractivity contribution is 5.76. The summed E-state index contributed by atoms with van der Waals surface area (Å²) in [6.45, 7) is 0.246. The highest BCUT2D eigenvalue weighted by Crippen LogP contribution is 2.15. The van der Waals surface area contributed by atoms with Gasteiger partial charge in [-0.15, -0.1) is 0 Å². The number of ether oxygens (including phenoxy) is 1. The average molecular weight is 284 g/mol. The Hall–Kier alpha value is -2.49. The Balaban J connectivity index is 2.01. The third-order valence-corrected chi connectivity index (χ3v) is 3.25. The molecule has 21 heavy (non-hydrogen) atoms. The first-order chi connectivity index (χ1) is 10.1. The van der Waals surface area contributed by atoms with Gasteiger partial charge in [0.25, 0.3) is 0 Å². The lowest BCUT2D eigenvalue weighted by atomic mass is 10.1. The molecule has 0 saturated carbocycles. The molecule has 0 amide bonds. The fourth-order valence-electron chi connectivity index (χ4n) is 2.01. The number of likely N-dealkylation sites (N-methyl/N-ethyl adjacent to an activating group) is 1. The fourth-order valence-corrected chi connectivity index (χ4v) is 2.01. The average Bonchev–Trinajstić information content (AvgIpc) is 2.91. The molecular formula is C17H20N2O2. The highest BCUT2D eigenvalue weighted by Gasteiger charge is 2.06. The molecule has 2 rings (SSSR count). The zero-order valence-electron chi connectivity index (χ0n) is 12.6. The number of aryl methyl sites for hydroxylation is 1. The predicted molar refractivity (Wildman–Crippen MR) is 86.1 cm³/mol. The van der Waals surface area contributed by atoms with E-state index in [1.165, 1.54) is 12.7 Å². The topological polar surface area (TPSA) is 34.5 Å². The Morgan fingerprint density at radius 2 is 1.86 bits per heavy atom. The molecule has 110 valence electrons. The molecule has 0 aliphatic rings. The number of nitrogens with zero attached hydrogens (tertiary/aromatic N) is 2. The van der Waals surface area contributed by atoms with E-state index in [9.17, 15) is 4.79 Å². The van der Waals surface area contributed by atoms with Gasteiger partial charge in [0.15, 0.2) is 0 Å². The maximum atomic E-state index is 11.2. The molecule has 4 nitrogen and oxygen atoms in total. The summed E-state index contributed by atoms with van der Waals surface area (Å²) in [6, 6.07) is 10.1. The lowest BCUT2D eigenvalue weighted by Crippen LogP contribution is -2.26. The van der Waals surface area contributed by atoms with Crippen molar-refractivity contribution in [1.82, 2.24) is 4.57 Å². The molecule has 2 aromatic rings. The van der Waals surface area contributed by atoms with E-state index >= 15 is 0 Å². The summed E-state index contributed by atoms with van der Waals surface area (Å²) in [5.74, 6) is -0.245. The smallest absolute Gasteiger partial charge is 0.325 e. The van der Waals surface area contributed by atoms with Crippen molar-refractivity contribution in [2.45, 2.75) is 0 Å². The van der Waals surface area contributed by atoms with Crippen molar-refractivity contribution < 1.29 is 9.53 Å². The van der Waals surface area contributed by atoms with Crippen LogP contribution in [0.1, 0.15) is 11.1 Å². The van der Waals surface area contributed by atoms with Crippen LogP contribution in [-0.2, 0) is 16.6 Å². The minimum absolute atomic E-state index is 0.245. The van der Waals surface area contributed by atoms with Gasteiger partial charge in [-0.1, -0.05) is 24.3 Å². The van der Waals surface area contributed by atoms with E-state index in [0.717, 1.165) is 11.3 Å². The van der Waals surface area contributed by atoms with E-state index < -0.39 is 0 Å². The van der Waals surface area contributed by atoms with Gasteiger partial charge < -0.3 is 14.2 Å². The minimum atomic E-state index is -0.245. The monoisotopic (exact) mass is 284 g/mol. The molecule has 0 unspecified atom stereocenters. The molecule has 0 aliphatic heterocycles. The molecule has 0 atom stereocenters. The van der Waals surface area contributed by atoms with Gasteiger partial charge in [-0.05, 0) is 29.3 Å². The van der Waals surface area contributed by atoms with Crippen molar-refractivity contribution in [2.24, 2.45) is 7.05 Å². The largest absolute Gasteiger partial charge is 0.468 e. The van der Waals surface area contributed by atoms with Gasteiger partial charge in [0.05, 0.1) is 7.11 Å². The molecular weight excluding hydrogens is 264 g/mol. The van der Waals surface area contributed by atoms with Gasteiger partial charge >= 0.3 is 5.97 Å². The number of methoxy groups -OCH3 is 1. The van der Waals surface area contributed by atoms with Crippen LogP contribution >= 0.6 is 0 Å². The number of hydrogen-bond donors (Lipinski definition) is 0. The molecule has 4 heteroatoms. The standard InChI is InChI=1S/C17H20N2O2/c1-18-11-10-15(12-18)5-4-14-6-8-16(9-7-14)19(2)13-17(20)21-3/h4-12H,13H2,1-3H3/b5-4+. The number of anilines is 1. The molecule has 0 aliphatic carbocycles. The van der Waals surface area contributed by atoms with Gasteiger partial charge in [-0.3, -0.25) is 4.79 Å². The Morgan fingerprint density at radius 3 is 2.43 bits per heavy atom. The third kappa shape index (κ3) is 4.24. The molecule has 1 aromatic heterocycles. The van der Waals surface area contributed by atoms with Crippen LogP contribution in [0, 0.1) is 0 Å². The van der Waals surface area contributed by atoms with Crippen LogP contribution in [0.2, 0.25) is 0 Å². The second-order valence-electron chi connectivity index (χ2n) is 4.97. The molecule has 0 bridgehead atoms. The second kappa shape index (κ2) is 6.79. The Bertz CT molecular complexity index is 626. The number of benzene rings is 1. The lowest BCUT2D eigenvalue weighted by molar-refractivity contribution is -0.138. The first-order valence-corrected chi connectivity index (χ1v) is 6.76. The second-order valence-corrected chi connectivity index (χ2v) is 4.97. The van der Waals surface area contributed by atoms with Crippen LogP contribution in [0.15, 0.2) is 42.7 Å². The van der Waals surface area contributed by atoms with E-state index in [1.54, 1.807) is 0 Å². The summed E-state index contributed by atoms with van der Waals surface area (Å²) in [5, 5.41) is 0. The van der Waals surface area contributed by atoms with Crippen LogP contribution in [0.4, 0.5) is 5.69 Å². The minimum Gasteiger partial charge on any atom is -0.468 e. The quantitative estimate of drug-likeness (QED) is 0.792. The van der Waals surface area contributed by atoms with Crippen molar-refractivity contribution in [3.63, 3.8) is 0 Å². The van der Waals surface area contributed by atoms with Crippen molar-refractivity contribution in [3.8, 4) is 0 Å². The van der Waals surface area contributed by atoms with Gasteiger partial charge in [-0.25, -0.2) is 0 Å². The predicted octanol–water partition coefficient (Wildman–Crippen LogP) is 2.80. The Morgan fingerprint density at radius 1 is 1.19 bits per heavy atom. The van der Waals surface area contributed by atoms with E-state index in [2.05, 4.69) is 29.2 Å². The van der Waals surface area contributed by atoms with Crippen LogP contribution in [-0.4, -0.2) is 31.2 Å². The Kier molecular flexibility index (Phi) is 4.82. The van der Waals surface area contributed by atoms with Crippen LogP contribution in [0.5, 0.6) is 0 Å². The van der Waals surface area contributed by atoms with Crippen molar-refractivity contribution >= 4 is 23.8 Å². The molecule has 0 saturated heterocycles. The van der Waals surface area contributed by atoms with E-state index in [4.69, 9.17) is 0 Å². The summed E-state index contributed by atoms with van der Waals surface area (Å²) in [7, 11) is 5.27. The van der Waals surface area contributed by atoms with Crippen LogP contribution in [0.3, 0.4) is 0 Å². The van der Waals surface area contributed by atoms with Gasteiger partial charge in [0, 0.05) is 32.2 Å². The molecule has 0 spiro atoms. The van der Waals surface area contributed by atoms with Crippen molar-refractivity contribution in [1.29, 1.82) is 0 Å². The lowest BCUT2D eigenvalue weighted by Gasteiger charge is -2.17. The van der Waals surface area contributed by atoms with Crippen molar-refractivity contribution in [3.05, 3.63) is 53.9 Å². The Labute approximate surface area is 125 Å². The molecule has 0 radical (unpaired) electrons. The number of esters is 1. The number of rotatable bonds is 5. The first kappa shape index (κ1) is 14.9. The van der Waals surface area contributed by atoms with Gasteiger partial charge in [-0.2, -0.15) is 0 Å². The normalized spacial score (nSPS) is 10.8. The van der Waals surface area contributed by atoms with Crippen molar-refractivity contribution in [2.75, 3.05) is 25.6 Å². The van der Waals surface area contributed by atoms with E-state index in [1.807, 2.05) is 54.0 Å². The number of aromatic nitrogens is 1. The fraction of sp³-hybridized carbons (Fsp3) is 0.235. The molecule has 0 N–H and O–H groups in total. The van der Waals surface area contributed by atoms with E-state index in [-0.39, 0.29) is 12.5 Å². The van der Waals surface area contributed by atoms with Gasteiger partial charge in [0.1, 0.15) is 6.54 Å². The van der Waals surface area contributed by atoms with E-state index in [0.29, 0.717) is 0 Å². The molecule has 1 aromatic carbocycles. The number of carbonyl (C=O) groups excluding carboxylic acids is 1. The van der Waals surface area contributed by atoms with Crippen LogP contribution in [0.25, 0.3) is 12.2 Å². The summed E-state index contributed by atoms with van der Waals surface area (Å²) in [4.78, 5) is 13.1. The third-order valence-electron chi connectivity index (χ3n) is 3.25. The summed E-state index contributed by atoms with van der Waals surface area (Å²) < 4.78 is 6.68. The summed E-state index contributed by atoms with van der Waals surface area (Å²) in [6.07, 6.45) is 8.23. The first-order valence-electron chi connectivity index (χ1n) is 6.76. The van der Waals surface area contributed by atoms with Gasteiger partial charge in [0.2, 0.25) is 0 Å². The zero-order valence-corrected chi connectivity index (χ0v) is 12.6. The highest BCUT2D eigenvalue weighted by atomic mass is 16.5. The molecule has 0 fully saturated rings. The number of hydrogen-bond acceptors (Lipinski definition) is 3. The maximum Gasteiger partial charge on any atom is 0.325 e. The summed E-state index contributed by atoms with van der Waals surface area (Å²) in [5.41, 5.74) is 3.27. The maximum absolute atomic E-state index is 11.2. The zero-order chi connectivity index (χ0) is 15.2. The molecule has 1 heterocycles. The number of carbonyl (C=O) groups is 1.